The van der Waals surface area contributed by atoms with E-state index in [0.717, 1.165) is 12.5 Å². The van der Waals surface area contributed by atoms with E-state index in [1.54, 1.807) is 18.6 Å². The Balaban J connectivity index is 1.64. The molecule has 2 atom stereocenters. The molecule has 0 unspecified atom stereocenters. The molecule has 0 amide bonds. The van der Waals surface area contributed by atoms with E-state index in [-0.39, 0.29) is 12.0 Å². The fourth-order valence-corrected chi connectivity index (χ4v) is 3.40. The number of rotatable bonds is 4. The summed E-state index contributed by atoms with van der Waals surface area (Å²) < 4.78 is 34.8. The number of pyridine rings is 1. The van der Waals surface area contributed by atoms with E-state index in [0.29, 0.717) is 24.6 Å². The van der Waals surface area contributed by atoms with Crippen LogP contribution >= 0.6 is 0 Å². The summed E-state index contributed by atoms with van der Waals surface area (Å²) in [5.74, 6) is -0.413. The van der Waals surface area contributed by atoms with Crippen molar-refractivity contribution in [3.8, 4) is 11.4 Å². The summed E-state index contributed by atoms with van der Waals surface area (Å²) >= 11 is 0. The van der Waals surface area contributed by atoms with Crippen LogP contribution in [-0.2, 0) is 11.2 Å². The molecule has 3 aromatic rings. The van der Waals surface area contributed by atoms with Crippen LogP contribution in [-0.4, -0.2) is 27.7 Å². The van der Waals surface area contributed by atoms with Gasteiger partial charge in [-0.3, -0.25) is 4.98 Å². The van der Waals surface area contributed by atoms with Gasteiger partial charge >= 0.3 is 0 Å². The Morgan fingerprint density at radius 2 is 1.80 bits per heavy atom. The van der Waals surface area contributed by atoms with Crippen molar-refractivity contribution in [2.45, 2.75) is 12.5 Å². The van der Waals surface area contributed by atoms with Crippen molar-refractivity contribution in [3.63, 3.8) is 0 Å². The van der Waals surface area contributed by atoms with Gasteiger partial charge in [-0.05, 0) is 36.2 Å². The monoisotopic (exact) mass is 341 g/mol. The molecule has 2 aromatic heterocycles. The highest BCUT2D eigenvalue weighted by Gasteiger charge is 2.31. The van der Waals surface area contributed by atoms with E-state index in [4.69, 9.17) is 4.74 Å². The van der Waals surface area contributed by atoms with Crippen LogP contribution in [0.15, 0.2) is 55.1 Å². The second kappa shape index (κ2) is 6.72. The SMILES string of the molecule is Fc1cc(F)cc(-c2nccn2[C@@H]2COC[C@H]2Cc2ccncc2)c1. The number of hydrogen-bond donors (Lipinski definition) is 0. The molecule has 0 saturated carbocycles. The third-order valence-corrected chi connectivity index (χ3v) is 4.56. The molecule has 0 radical (unpaired) electrons. The summed E-state index contributed by atoms with van der Waals surface area (Å²) in [6, 6.07) is 7.52. The van der Waals surface area contributed by atoms with Crippen LogP contribution in [0, 0.1) is 17.6 Å². The predicted octanol–water partition coefficient (Wildman–Crippen LogP) is 3.65. The fourth-order valence-electron chi connectivity index (χ4n) is 3.40. The van der Waals surface area contributed by atoms with Gasteiger partial charge in [-0.2, -0.15) is 0 Å². The van der Waals surface area contributed by atoms with Gasteiger partial charge in [0.25, 0.3) is 0 Å². The lowest BCUT2D eigenvalue weighted by Gasteiger charge is -2.21. The smallest absolute Gasteiger partial charge is 0.140 e. The quantitative estimate of drug-likeness (QED) is 0.727. The topological polar surface area (TPSA) is 39.9 Å². The fraction of sp³-hybridized carbons (Fsp3) is 0.263. The van der Waals surface area contributed by atoms with Crippen LogP contribution in [0.1, 0.15) is 11.6 Å². The van der Waals surface area contributed by atoms with Gasteiger partial charge in [0, 0.05) is 42.3 Å². The number of imidazole rings is 1. The molecule has 0 N–H and O–H groups in total. The lowest BCUT2D eigenvalue weighted by molar-refractivity contribution is 0.181. The molecule has 1 saturated heterocycles. The summed E-state index contributed by atoms with van der Waals surface area (Å²) in [6.45, 7) is 1.19. The Bertz CT molecular complexity index is 846. The zero-order chi connectivity index (χ0) is 17.2. The Kier molecular flexibility index (Phi) is 4.28. The minimum absolute atomic E-state index is 0.0667. The highest BCUT2D eigenvalue weighted by atomic mass is 19.1. The molecular weight excluding hydrogens is 324 g/mol. The van der Waals surface area contributed by atoms with Gasteiger partial charge in [-0.25, -0.2) is 13.8 Å². The van der Waals surface area contributed by atoms with Gasteiger partial charge in [0.15, 0.2) is 0 Å². The summed E-state index contributed by atoms with van der Waals surface area (Å²) in [6.07, 6.45) is 7.90. The largest absolute Gasteiger partial charge is 0.379 e. The predicted molar refractivity (Wildman–Crippen MR) is 88.9 cm³/mol. The lowest BCUT2D eigenvalue weighted by Crippen LogP contribution is -2.20. The Hall–Kier alpha value is -2.60. The highest BCUT2D eigenvalue weighted by molar-refractivity contribution is 5.56. The van der Waals surface area contributed by atoms with Crippen molar-refractivity contribution < 1.29 is 13.5 Å². The summed E-state index contributed by atoms with van der Waals surface area (Å²) in [5, 5.41) is 0. The van der Waals surface area contributed by atoms with Gasteiger partial charge in [-0.1, -0.05) is 0 Å². The molecule has 6 heteroatoms. The number of ether oxygens (including phenoxy) is 1. The summed E-state index contributed by atoms with van der Waals surface area (Å²) in [7, 11) is 0. The molecule has 0 spiro atoms. The number of benzene rings is 1. The maximum absolute atomic E-state index is 13.6. The molecule has 3 heterocycles. The van der Waals surface area contributed by atoms with Crippen molar-refractivity contribution in [1.82, 2.24) is 14.5 Å². The van der Waals surface area contributed by atoms with Crippen LogP contribution in [0.5, 0.6) is 0 Å². The standard InChI is InChI=1S/C19H17F2N3O/c20-16-8-14(9-17(21)10-16)19-23-5-6-24(19)18-12-25-11-15(18)7-13-1-3-22-4-2-13/h1-6,8-10,15,18H,7,11-12H2/t15-,18-/m1/s1. The Morgan fingerprint density at radius 3 is 2.56 bits per heavy atom. The van der Waals surface area contributed by atoms with E-state index in [1.165, 1.54) is 17.7 Å². The minimum Gasteiger partial charge on any atom is -0.379 e. The van der Waals surface area contributed by atoms with E-state index in [9.17, 15) is 8.78 Å². The molecule has 4 nitrogen and oxygen atoms in total. The average molecular weight is 341 g/mol. The minimum atomic E-state index is -0.611. The van der Waals surface area contributed by atoms with Crippen LogP contribution < -0.4 is 0 Å². The van der Waals surface area contributed by atoms with Crippen molar-refractivity contribution in [2.24, 2.45) is 5.92 Å². The number of nitrogens with zero attached hydrogens (tertiary/aromatic N) is 3. The normalized spacial score (nSPS) is 20.1. The zero-order valence-corrected chi connectivity index (χ0v) is 13.5. The first kappa shape index (κ1) is 15.9. The van der Waals surface area contributed by atoms with E-state index >= 15 is 0 Å². The molecular formula is C19H17F2N3O. The van der Waals surface area contributed by atoms with Gasteiger partial charge in [0.05, 0.1) is 19.3 Å². The first-order valence-corrected chi connectivity index (χ1v) is 8.16. The number of hydrogen-bond acceptors (Lipinski definition) is 3. The maximum Gasteiger partial charge on any atom is 0.140 e. The molecule has 4 rings (SSSR count). The van der Waals surface area contributed by atoms with Crippen molar-refractivity contribution in [3.05, 3.63) is 72.3 Å². The van der Waals surface area contributed by atoms with Crippen LogP contribution in [0.3, 0.4) is 0 Å². The maximum atomic E-state index is 13.6. The van der Waals surface area contributed by atoms with Crippen molar-refractivity contribution >= 4 is 0 Å². The second-order valence-electron chi connectivity index (χ2n) is 6.24. The first-order valence-electron chi connectivity index (χ1n) is 8.16. The van der Waals surface area contributed by atoms with Gasteiger partial charge in [0.1, 0.15) is 17.5 Å². The average Bonchev–Trinajstić information content (AvgIpc) is 3.23. The zero-order valence-electron chi connectivity index (χ0n) is 13.5. The summed E-state index contributed by atoms with van der Waals surface area (Å²) in [5.41, 5.74) is 1.62. The van der Waals surface area contributed by atoms with E-state index in [1.807, 2.05) is 22.9 Å². The molecule has 1 aliphatic heterocycles. The van der Waals surface area contributed by atoms with E-state index in [2.05, 4.69) is 9.97 Å². The van der Waals surface area contributed by atoms with E-state index < -0.39 is 11.6 Å². The van der Waals surface area contributed by atoms with Gasteiger partial charge in [0.2, 0.25) is 0 Å². The third kappa shape index (κ3) is 3.30. The molecule has 0 aliphatic carbocycles. The summed E-state index contributed by atoms with van der Waals surface area (Å²) in [4.78, 5) is 8.36. The van der Waals surface area contributed by atoms with Gasteiger partial charge < -0.3 is 9.30 Å². The lowest BCUT2D eigenvalue weighted by atomic mass is 9.95. The van der Waals surface area contributed by atoms with Crippen LogP contribution in [0.25, 0.3) is 11.4 Å². The second-order valence-corrected chi connectivity index (χ2v) is 6.24. The van der Waals surface area contributed by atoms with Gasteiger partial charge in [-0.15, -0.1) is 0 Å². The number of halogens is 2. The number of aromatic nitrogens is 3. The molecule has 25 heavy (non-hydrogen) atoms. The molecule has 0 bridgehead atoms. The first-order chi connectivity index (χ1) is 12.2. The third-order valence-electron chi connectivity index (χ3n) is 4.56. The van der Waals surface area contributed by atoms with Crippen molar-refractivity contribution in [1.29, 1.82) is 0 Å². The molecule has 1 fully saturated rings. The van der Waals surface area contributed by atoms with Crippen molar-refractivity contribution in [2.75, 3.05) is 13.2 Å². The molecule has 128 valence electrons. The molecule has 1 aromatic carbocycles. The van der Waals surface area contributed by atoms with Crippen LogP contribution in [0.4, 0.5) is 8.78 Å². The Morgan fingerprint density at radius 1 is 1.04 bits per heavy atom. The molecule has 1 aliphatic rings. The highest BCUT2D eigenvalue weighted by Crippen LogP contribution is 2.32. The van der Waals surface area contributed by atoms with Crippen LogP contribution in [0.2, 0.25) is 0 Å². The Labute approximate surface area is 144 Å².